The molecular formula is C19H24IN5. The van der Waals surface area contributed by atoms with Crippen LogP contribution < -0.4 is 10.6 Å². The molecule has 0 fully saturated rings. The zero-order valence-electron chi connectivity index (χ0n) is 14.6. The van der Waals surface area contributed by atoms with Crippen LogP contribution in [-0.2, 0) is 13.1 Å². The van der Waals surface area contributed by atoms with E-state index in [2.05, 4.69) is 63.3 Å². The molecule has 0 atom stereocenters. The van der Waals surface area contributed by atoms with Crippen molar-refractivity contribution in [2.24, 2.45) is 4.99 Å². The van der Waals surface area contributed by atoms with E-state index in [-0.39, 0.29) is 24.0 Å². The number of aromatic nitrogens is 2. The Morgan fingerprint density at radius 2 is 1.88 bits per heavy atom. The second kappa shape index (κ2) is 9.41. The van der Waals surface area contributed by atoms with Crippen molar-refractivity contribution in [2.75, 3.05) is 6.54 Å². The molecule has 0 bridgehead atoms. The highest BCUT2D eigenvalue weighted by atomic mass is 127. The van der Waals surface area contributed by atoms with Crippen molar-refractivity contribution in [2.45, 2.75) is 26.9 Å². The molecule has 2 aromatic heterocycles. The van der Waals surface area contributed by atoms with Crippen LogP contribution in [0.15, 0.2) is 59.7 Å². The second-order valence-corrected chi connectivity index (χ2v) is 5.66. The first-order valence-corrected chi connectivity index (χ1v) is 8.26. The lowest BCUT2D eigenvalue weighted by molar-refractivity contribution is 0.804. The highest BCUT2D eigenvalue weighted by Crippen LogP contribution is 2.08. The highest BCUT2D eigenvalue weighted by Gasteiger charge is 2.04. The van der Waals surface area contributed by atoms with E-state index < -0.39 is 0 Å². The molecule has 5 nitrogen and oxygen atoms in total. The third-order valence-corrected chi connectivity index (χ3v) is 3.79. The third kappa shape index (κ3) is 5.19. The number of nitrogens with one attached hydrogen (secondary N) is 2. The van der Waals surface area contributed by atoms with Crippen LogP contribution in [0.4, 0.5) is 0 Å². The molecule has 6 heteroatoms. The number of fused-ring (bicyclic) bond motifs is 1. The summed E-state index contributed by atoms with van der Waals surface area (Å²) < 4.78 is 2.10. The summed E-state index contributed by atoms with van der Waals surface area (Å²) in [5.41, 5.74) is 4.33. The molecule has 25 heavy (non-hydrogen) atoms. The first kappa shape index (κ1) is 19.2. The van der Waals surface area contributed by atoms with Gasteiger partial charge in [0.1, 0.15) is 5.65 Å². The molecule has 0 saturated carbocycles. The Balaban J connectivity index is 0.00000225. The molecule has 3 aromatic rings. The minimum Gasteiger partial charge on any atom is -0.357 e. The minimum atomic E-state index is 0. The lowest BCUT2D eigenvalue weighted by Gasteiger charge is -2.10. The Morgan fingerprint density at radius 3 is 2.60 bits per heavy atom. The van der Waals surface area contributed by atoms with Gasteiger partial charge in [0.25, 0.3) is 0 Å². The Morgan fingerprint density at radius 1 is 1.08 bits per heavy atom. The van der Waals surface area contributed by atoms with E-state index in [1.54, 1.807) is 0 Å². The molecule has 0 saturated heterocycles. The molecule has 0 unspecified atom stereocenters. The number of aliphatic imine (C=N–C) groups is 1. The van der Waals surface area contributed by atoms with Crippen LogP contribution in [-0.4, -0.2) is 21.9 Å². The molecular weight excluding hydrogens is 425 g/mol. The van der Waals surface area contributed by atoms with Crippen LogP contribution in [0.3, 0.4) is 0 Å². The maximum Gasteiger partial charge on any atom is 0.191 e. The molecule has 2 N–H and O–H groups in total. The molecule has 0 aliphatic rings. The van der Waals surface area contributed by atoms with Crippen molar-refractivity contribution in [3.05, 3.63) is 71.7 Å². The summed E-state index contributed by atoms with van der Waals surface area (Å²) in [4.78, 5) is 9.27. The van der Waals surface area contributed by atoms with Gasteiger partial charge < -0.3 is 15.0 Å². The normalized spacial score (nSPS) is 11.2. The number of pyridine rings is 1. The van der Waals surface area contributed by atoms with Crippen molar-refractivity contribution in [3.8, 4) is 0 Å². The smallest absolute Gasteiger partial charge is 0.191 e. The van der Waals surface area contributed by atoms with Crippen LogP contribution in [0.25, 0.3) is 5.65 Å². The lowest BCUT2D eigenvalue weighted by Crippen LogP contribution is -2.36. The van der Waals surface area contributed by atoms with Gasteiger partial charge in [0.2, 0.25) is 0 Å². The number of halogens is 1. The number of nitrogens with zero attached hydrogens (tertiary/aromatic N) is 3. The average Bonchev–Trinajstić information content (AvgIpc) is 3.03. The van der Waals surface area contributed by atoms with Gasteiger partial charge in [-0.3, -0.25) is 0 Å². The molecule has 0 spiro atoms. The first-order chi connectivity index (χ1) is 11.8. The standard InChI is InChI=1S/C19H23N5.HI/c1-3-20-19(21-12-16-9-5-4-6-10-16)22-13-17-14-24-15(2)8-7-11-18(24)23-17;/h4-11,14H,3,12-13H2,1-2H3,(H2,20,21,22);1H. The van der Waals surface area contributed by atoms with Gasteiger partial charge in [0.05, 0.1) is 18.8 Å². The summed E-state index contributed by atoms with van der Waals surface area (Å²) in [6.07, 6.45) is 2.07. The van der Waals surface area contributed by atoms with Crippen molar-refractivity contribution in [1.29, 1.82) is 0 Å². The first-order valence-electron chi connectivity index (χ1n) is 8.26. The SMILES string of the molecule is CCNC(=NCc1ccccc1)NCc1cn2c(C)cccc2n1.I. The quantitative estimate of drug-likeness (QED) is 0.356. The molecule has 3 rings (SSSR count). The summed E-state index contributed by atoms with van der Waals surface area (Å²) in [6, 6.07) is 16.4. The Labute approximate surface area is 165 Å². The number of hydrogen-bond donors (Lipinski definition) is 2. The van der Waals surface area contributed by atoms with E-state index in [1.807, 2.05) is 30.3 Å². The molecule has 132 valence electrons. The number of aryl methyl sites for hydroxylation is 1. The van der Waals surface area contributed by atoms with Gasteiger partial charge in [-0.15, -0.1) is 24.0 Å². The lowest BCUT2D eigenvalue weighted by atomic mass is 10.2. The van der Waals surface area contributed by atoms with Crippen LogP contribution in [0.1, 0.15) is 23.9 Å². The van der Waals surface area contributed by atoms with Crippen LogP contribution in [0.2, 0.25) is 0 Å². The van der Waals surface area contributed by atoms with E-state index >= 15 is 0 Å². The summed E-state index contributed by atoms with van der Waals surface area (Å²) in [7, 11) is 0. The van der Waals surface area contributed by atoms with Gasteiger partial charge in [0, 0.05) is 18.4 Å². The topological polar surface area (TPSA) is 53.7 Å². The predicted molar refractivity (Wildman–Crippen MR) is 113 cm³/mol. The minimum absolute atomic E-state index is 0. The summed E-state index contributed by atoms with van der Waals surface area (Å²) in [5.74, 6) is 0.801. The number of guanidine groups is 1. The van der Waals surface area contributed by atoms with Crippen molar-refractivity contribution < 1.29 is 0 Å². The highest BCUT2D eigenvalue weighted by molar-refractivity contribution is 14.0. The van der Waals surface area contributed by atoms with E-state index in [1.165, 1.54) is 11.3 Å². The van der Waals surface area contributed by atoms with Crippen LogP contribution in [0, 0.1) is 6.92 Å². The molecule has 0 radical (unpaired) electrons. The zero-order valence-corrected chi connectivity index (χ0v) is 16.9. The number of imidazole rings is 1. The summed E-state index contributed by atoms with van der Waals surface area (Å²) in [5, 5.41) is 6.62. The van der Waals surface area contributed by atoms with Crippen molar-refractivity contribution in [3.63, 3.8) is 0 Å². The fourth-order valence-corrected chi connectivity index (χ4v) is 2.55. The number of benzene rings is 1. The van der Waals surface area contributed by atoms with Gasteiger partial charge in [0.15, 0.2) is 5.96 Å². The summed E-state index contributed by atoms with van der Waals surface area (Å²) >= 11 is 0. The monoisotopic (exact) mass is 449 g/mol. The summed E-state index contributed by atoms with van der Waals surface area (Å²) in [6.45, 7) is 6.26. The molecule has 1 aromatic carbocycles. The fourth-order valence-electron chi connectivity index (χ4n) is 2.55. The predicted octanol–water partition coefficient (Wildman–Crippen LogP) is 3.52. The number of hydrogen-bond acceptors (Lipinski definition) is 2. The Hall–Kier alpha value is -2.09. The molecule has 0 amide bonds. The largest absolute Gasteiger partial charge is 0.357 e. The van der Waals surface area contributed by atoms with E-state index in [9.17, 15) is 0 Å². The van der Waals surface area contributed by atoms with E-state index in [0.29, 0.717) is 13.1 Å². The molecule has 2 heterocycles. The molecule has 0 aliphatic carbocycles. The maximum absolute atomic E-state index is 4.64. The van der Waals surface area contributed by atoms with E-state index in [4.69, 9.17) is 0 Å². The van der Waals surface area contributed by atoms with Gasteiger partial charge in [-0.05, 0) is 31.5 Å². The van der Waals surface area contributed by atoms with Crippen molar-refractivity contribution >= 4 is 35.6 Å². The van der Waals surface area contributed by atoms with Gasteiger partial charge in [-0.2, -0.15) is 0 Å². The van der Waals surface area contributed by atoms with Crippen LogP contribution >= 0.6 is 24.0 Å². The van der Waals surface area contributed by atoms with Gasteiger partial charge in [-0.1, -0.05) is 36.4 Å². The zero-order chi connectivity index (χ0) is 16.8. The average molecular weight is 449 g/mol. The second-order valence-electron chi connectivity index (χ2n) is 5.66. The maximum atomic E-state index is 4.64. The Kier molecular flexibility index (Phi) is 7.24. The molecule has 0 aliphatic heterocycles. The van der Waals surface area contributed by atoms with E-state index in [0.717, 1.165) is 23.8 Å². The van der Waals surface area contributed by atoms with Crippen LogP contribution in [0.5, 0.6) is 0 Å². The van der Waals surface area contributed by atoms with Gasteiger partial charge in [-0.25, -0.2) is 9.98 Å². The third-order valence-electron chi connectivity index (χ3n) is 3.79. The Bertz CT molecular complexity index is 826. The fraction of sp³-hybridized carbons (Fsp3) is 0.263. The number of rotatable bonds is 5. The van der Waals surface area contributed by atoms with Gasteiger partial charge >= 0.3 is 0 Å². The van der Waals surface area contributed by atoms with Crippen molar-refractivity contribution in [1.82, 2.24) is 20.0 Å².